The molecule has 12 heteroatoms. The third kappa shape index (κ3) is 6.70. The van der Waals surface area contributed by atoms with Gasteiger partial charge < -0.3 is 20.1 Å². The molecule has 2 atom stereocenters. The predicted octanol–water partition coefficient (Wildman–Crippen LogP) is 7.17. The van der Waals surface area contributed by atoms with E-state index in [0.717, 1.165) is 59.2 Å². The van der Waals surface area contributed by atoms with E-state index in [1.54, 1.807) is 4.68 Å². The van der Waals surface area contributed by atoms with Crippen molar-refractivity contribution in [3.8, 4) is 5.88 Å². The van der Waals surface area contributed by atoms with Gasteiger partial charge in [0.2, 0.25) is 5.88 Å². The van der Waals surface area contributed by atoms with Gasteiger partial charge in [0.25, 0.3) is 0 Å². The number of carbonyl (C=O) groups excluding carboxylic acids is 2. The van der Waals surface area contributed by atoms with Crippen molar-refractivity contribution in [2.45, 2.75) is 69.5 Å². The summed E-state index contributed by atoms with van der Waals surface area (Å²) in [6.07, 6.45) is 4.58. The van der Waals surface area contributed by atoms with Crippen LogP contribution < -0.4 is 20.1 Å². The Balaban J connectivity index is 1.25. The molecule has 5 aromatic rings. The average Bonchev–Trinajstić information content (AvgIpc) is 3.57. The Bertz CT molecular complexity index is 2200. The normalized spacial score (nSPS) is 16.8. The van der Waals surface area contributed by atoms with E-state index in [-0.39, 0.29) is 35.9 Å². The molecule has 3 amide bonds. The molecule has 4 aromatic carbocycles. The molecule has 3 aliphatic rings. The highest BCUT2D eigenvalue weighted by Gasteiger charge is 2.41. The van der Waals surface area contributed by atoms with Crippen molar-refractivity contribution in [1.82, 2.24) is 19.8 Å². The number of benzene rings is 4. The lowest BCUT2D eigenvalue weighted by Crippen LogP contribution is -2.45. The van der Waals surface area contributed by atoms with E-state index in [9.17, 15) is 9.59 Å². The summed E-state index contributed by atoms with van der Waals surface area (Å²) in [5, 5.41) is 10.5. The monoisotopic (exact) mass is 744 g/mol. The topological polar surface area (TPSA) is 136 Å². The largest absolute Gasteiger partial charge is 0.475 e. The Morgan fingerprint density at radius 3 is 1.93 bits per heavy atom. The molecule has 0 fully saturated rings. The zero-order chi connectivity index (χ0) is 37.5. The molecule has 0 saturated carbocycles. The van der Waals surface area contributed by atoms with Crippen molar-refractivity contribution in [3.05, 3.63) is 142 Å². The van der Waals surface area contributed by atoms with Gasteiger partial charge in [-0.05, 0) is 70.0 Å². The number of aryl methyl sites for hydroxylation is 2. The number of urea groups is 1. The van der Waals surface area contributed by atoms with Crippen LogP contribution in [0.25, 0.3) is 0 Å². The van der Waals surface area contributed by atoms with Gasteiger partial charge in [0.15, 0.2) is 9.92 Å². The summed E-state index contributed by atoms with van der Waals surface area (Å²) in [4.78, 5) is 27.0. The van der Waals surface area contributed by atoms with E-state index >= 15 is 4.21 Å². The van der Waals surface area contributed by atoms with Gasteiger partial charge in [0, 0.05) is 5.69 Å². The number of aromatic nitrogens is 2. The van der Waals surface area contributed by atoms with Gasteiger partial charge in [-0.15, -0.1) is 0 Å². The number of hydrogen-bond acceptors (Lipinski definition) is 7. The number of carbonyl (C=O) groups is 2. The Hall–Kier alpha value is -5.62. The summed E-state index contributed by atoms with van der Waals surface area (Å²) < 4.78 is 37.5. The molecule has 1 unspecified atom stereocenters. The Kier molecular flexibility index (Phi) is 9.17. The number of nitrogens with zero attached hydrogens (tertiary/aromatic N) is 3. The Morgan fingerprint density at radius 2 is 1.43 bits per heavy atom. The van der Waals surface area contributed by atoms with Gasteiger partial charge in [-0.2, -0.15) is 9.46 Å². The first kappa shape index (κ1) is 35.4. The van der Waals surface area contributed by atoms with Crippen LogP contribution in [0.2, 0.25) is 0 Å². The van der Waals surface area contributed by atoms with E-state index in [1.807, 2.05) is 112 Å². The molecular formula is C42H44N6O5S. The molecule has 3 N–H and O–H groups in total. The molecule has 1 aliphatic heterocycles. The third-order valence-corrected chi connectivity index (χ3v) is 12.0. The number of fused-ring (bicyclic) bond motifs is 3. The lowest BCUT2D eigenvalue weighted by atomic mass is 9.76. The molecule has 8 rings (SSSR count). The fourth-order valence-corrected chi connectivity index (χ4v) is 9.19. The standard InChI is InChI=1S/C42H44N6O5S/c1-41(2,3)27-53-40(50)44-33-25-48-38(52-26-33)36(24-43-48)54(51,46-39(49)45-37-34-21-19-28(34)23-29-20-22-35(29)37)47-42(30-13-7-4-8-14-30,31-15-9-5-10-16-31)32-17-11-6-12-18-32/h4-18,23-24,33H,19-22,25-27H2,1-3H3,(H,44,50)(H2,45,46,47,49,51)/t33-,54?/m0/s1. The summed E-state index contributed by atoms with van der Waals surface area (Å²) in [7, 11) is -3.92. The molecule has 0 spiro atoms. The molecule has 1 aromatic heterocycles. The Labute approximate surface area is 315 Å². The van der Waals surface area contributed by atoms with Crippen molar-refractivity contribution >= 4 is 27.7 Å². The quantitative estimate of drug-likeness (QED) is 0.137. The predicted molar refractivity (Wildman–Crippen MR) is 207 cm³/mol. The molecular weight excluding hydrogens is 701 g/mol. The van der Waals surface area contributed by atoms with Crippen molar-refractivity contribution in [3.63, 3.8) is 0 Å². The highest BCUT2D eigenvalue weighted by Crippen LogP contribution is 2.44. The van der Waals surface area contributed by atoms with Crippen molar-refractivity contribution < 1.29 is 23.3 Å². The maximum absolute atomic E-state index is 16.1. The van der Waals surface area contributed by atoms with Gasteiger partial charge in [-0.25, -0.2) is 23.2 Å². The maximum Gasteiger partial charge on any atom is 0.407 e. The first-order valence-corrected chi connectivity index (χ1v) is 19.9. The number of anilines is 1. The second kappa shape index (κ2) is 14.0. The maximum atomic E-state index is 16.1. The minimum Gasteiger partial charge on any atom is -0.475 e. The van der Waals surface area contributed by atoms with E-state index in [2.05, 4.69) is 26.5 Å². The van der Waals surface area contributed by atoms with Crippen molar-refractivity contribution in [1.29, 1.82) is 0 Å². The van der Waals surface area contributed by atoms with Crippen LogP contribution in [-0.4, -0.2) is 45.4 Å². The number of hydrogen-bond donors (Lipinski definition) is 3. The van der Waals surface area contributed by atoms with Crippen molar-refractivity contribution in [2.24, 2.45) is 9.78 Å². The highest BCUT2D eigenvalue weighted by atomic mass is 32.2. The van der Waals surface area contributed by atoms with Crippen LogP contribution in [0.1, 0.15) is 59.7 Å². The summed E-state index contributed by atoms with van der Waals surface area (Å²) in [5.74, 6) is 0.195. The van der Waals surface area contributed by atoms with E-state index in [0.29, 0.717) is 0 Å². The van der Waals surface area contributed by atoms with Gasteiger partial charge in [0.1, 0.15) is 17.0 Å². The second-order valence-corrected chi connectivity index (χ2v) is 17.2. The Morgan fingerprint density at radius 1 is 0.870 bits per heavy atom. The lowest BCUT2D eigenvalue weighted by Gasteiger charge is -2.34. The second-order valence-electron chi connectivity index (χ2n) is 15.3. The number of amides is 3. The minimum absolute atomic E-state index is 0.0640. The number of nitrogens with one attached hydrogen (secondary N) is 3. The van der Waals surface area contributed by atoms with E-state index < -0.39 is 33.6 Å². The summed E-state index contributed by atoms with van der Waals surface area (Å²) in [6.45, 7) is 6.49. The van der Waals surface area contributed by atoms with Gasteiger partial charge in [0.05, 0.1) is 25.4 Å². The molecule has 0 bridgehead atoms. The molecule has 2 aliphatic carbocycles. The zero-order valence-corrected chi connectivity index (χ0v) is 31.4. The summed E-state index contributed by atoms with van der Waals surface area (Å²) >= 11 is 0. The highest BCUT2D eigenvalue weighted by molar-refractivity contribution is 7.92. The van der Waals surface area contributed by atoms with Crippen molar-refractivity contribution in [2.75, 3.05) is 18.5 Å². The first-order valence-electron chi connectivity index (χ1n) is 18.3. The fraction of sp³-hybridized carbons (Fsp3) is 0.310. The molecule has 54 heavy (non-hydrogen) atoms. The number of ether oxygens (including phenoxy) is 2. The SMILES string of the molecule is CC(C)(C)COC(=O)N[C@@H]1COc2c(S(=O)(=NC(c3ccccc3)(c3ccccc3)c3ccccc3)NC(=O)Nc3c4c(cc5c3CC5)CC4)cnn2C1. The fourth-order valence-electron chi connectivity index (χ4n) is 7.34. The van der Waals surface area contributed by atoms with Crippen LogP contribution in [0.15, 0.2) is 113 Å². The van der Waals surface area contributed by atoms with Crippen LogP contribution >= 0.6 is 0 Å². The van der Waals surface area contributed by atoms with Crippen LogP contribution in [0, 0.1) is 5.41 Å². The molecule has 11 nitrogen and oxygen atoms in total. The minimum atomic E-state index is -3.92. The van der Waals surface area contributed by atoms with Gasteiger partial charge >= 0.3 is 12.1 Å². The summed E-state index contributed by atoms with van der Waals surface area (Å²) in [5.41, 5.74) is 6.28. The molecule has 278 valence electrons. The van der Waals surface area contributed by atoms with Gasteiger partial charge in [-0.3, -0.25) is 0 Å². The molecule has 0 radical (unpaired) electrons. The van der Waals surface area contributed by atoms with E-state index in [4.69, 9.17) is 13.8 Å². The lowest BCUT2D eigenvalue weighted by molar-refractivity contribution is 0.0944. The summed E-state index contributed by atoms with van der Waals surface area (Å²) in [6, 6.07) is 30.1. The first-order chi connectivity index (χ1) is 26.0. The molecule has 2 heterocycles. The van der Waals surface area contributed by atoms with Crippen LogP contribution in [0.4, 0.5) is 15.3 Å². The molecule has 0 saturated heterocycles. The van der Waals surface area contributed by atoms with E-state index in [1.165, 1.54) is 17.3 Å². The van der Waals surface area contributed by atoms with Gasteiger partial charge in [-0.1, -0.05) is 118 Å². The van der Waals surface area contributed by atoms with Crippen LogP contribution in [-0.2, 0) is 52.4 Å². The van der Waals surface area contributed by atoms with Crippen LogP contribution in [0.3, 0.4) is 0 Å². The number of alkyl carbamates (subject to hydrolysis) is 1. The zero-order valence-electron chi connectivity index (χ0n) is 30.6. The van der Waals surface area contributed by atoms with Crippen LogP contribution in [0.5, 0.6) is 5.88 Å². The third-order valence-electron chi connectivity index (χ3n) is 10.2. The number of rotatable bonds is 9. The average molecular weight is 745 g/mol. The smallest absolute Gasteiger partial charge is 0.407 e.